The minimum absolute atomic E-state index is 0.0236. The monoisotopic (exact) mass is 252 g/mol. The van der Waals surface area contributed by atoms with Gasteiger partial charge in [-0.2, -0.15) is 13.2 Å². The highest BCUT2D eigenvalue weighted by atomic mass is 35.5. The van der Waals surface area contributed by atoms with Gasteiger partial charge in [-0.3, -0.25) is 0 Å². The predicted molar refractivity (Wildman–Crippen MR) is 52.5 cm³/mol. The SMILES string of the molecule is O=CCCc1cc(Cl)c(O)cc1C(F)(F)F. The van der Waals surface area contributed by atoms with Crippen LogP contribution in [0.1, 0.15) is 17.5 Å². The number of hydrogen-bond donors (Lipinski definition) is 1. The summed E-state index contributed by atoms with van der Waals surface area (Å²) in [5.41, 5.74) is -1.06. The zero-order chi connectivity index (χ0) is 12.3. The number of hydrogen-bond acceptors (Lipinski definition) is 2. The molecule has 1 aromatic rings. The number of rotatable bonds is 3. The molecule has 2 nitrogen and oxygen atoms in total. The van der Waals surface area contributed by atoms with Gasteiger partial charge in [-0.15, -0.1) is 0 Å². The molecule has 1 aromatic carbocycles. The van der Waals surface area contributed by atoms with Gasteiger partial charge in [-0.05, 0) is 24.1 Å². The number of carbonyl (C=O) groups excluding carboxylic acids is 1. The number of phenolic OH excluding ortho intramolecular Hbond substituents is 1. The number of alkyl halides is 3. The van der Waals surface area contributed by atoms with Crippen LogP contribution in [0.15, 0.2) is 12.1 Å². The Kier molecular flexibility index (Phi) is 3.80. The summed E-state index contributed by atoms with van der Waals surface area (Å²) in [6, 6.07) is 1.60. The standard InChI is InChI=1S/C10H8ClF3O2/c11-8-4-6(2-1-3-15)7(5-9(8)16)10(12,13)14/h3-5,16H,1-2H2. The number of carbonyl (C=O) groups is 1. The van der Waals surface area contributed by atoms with Crippen molar-refractivity contribution in [3.05, 3.63) is 28.3 Å². The van der Waals surface area contributed by atoms with Crippen LogP contribution in [0.5, 0.6) is 5.75 Å². The number of halogens is 4. The molecule has 0 aromatic heterocycles. The van der Waals surface area contributed by atoms with Crippen LogP contribution in [0.4, 0.5) is 13.2 Å². The molecule has 16 heavy (non-hydrogen) atoms. The van der Waals surface area contributed by atoms with Crippen molar-refractivity contribution in [2.45, 2.75) is 19.0 Å². The molecule has 0 bridgehead atoms. The highest BCUT2D eigenvalue weighted by molar-refractivity contribution is 6.32. The van der Waals surface area contributed by atoms with Crippen molar-refractivity contribution < 1.29 is 23.1 Å². The minimum Gasteiger partial charge on any atom is -0.506 e. The molecule has 0 unspecified atom stereocenters. The molecule has 0 aliphatic rings. The molecule has 6 heteroatoms. The number of phenols is 1. The average Bonchev–Trinajstić information content (AvgIpc) is 2.17. The summed E-state index contributed by atoms with van der Waals surface area (Å²) < 4.78 is 37.6. The second kappa shape index (κ2) is 4.74. The van der Waals surface area contributed by atoms with Crippen LogP contribution in [-0.4, -0.2) is 11.4 Å². The van der Waals surface area contributed by atoms with E-state index >= 15 is 0 Å². The summed E-state index contributed by atoms with van der Waals surface area (Å²) in [5.74, 6) is -0.621. The first-order valence-electron chi connectivity index (χ1n) is 4.38. The zero-order valence-corrected chi connectivity index (χ0v) is 8.77. The van der Waals surface area contributed by atoms with E-state index in [1.807, 2.05) is 0 Å². The van der Waals surface area contributed by atoms with Crippen molar-refractivity contribution >= 4 is 17.9 Å². The summed E-state index contributed by atoms with van der Waals surface area (Å²) in [5, 5.41) is 8.95. The molecule has 0 saturated heterocycles. The molecule has 0 amide bonds. The molecule has 0 radical (unpaired) electrons. The van der Waals surface area contributed by atoms with Gasteiger partial charge in [0.2, 0.25) is 0 Å². The van der Waals surface area contributed by atoms with Gasteiger partial charge in [0.25, 0.3) is 0 Å². The van der Waals surface area contributed by atoms with Crippen LogP contribution in [0.25, 0.3) is 0 Å². The lowest BCUT2D eigenvalue weighted by atomic mass is 10.0. The molecule has 0 atom stereocenters. The number of aryl methyl sites for hydroxylation is 1. The highest BCUT2D eigenvalue weighted by Gasteiger charge is 2.34. The Morgan fingerprint density at radius 2 is 2.00 bits per heavy atom. The Balaban J connectivity index is 3.22. The Bertz CT molecular complexity index is 402. The predicted octanol–water partition coefficient (Wildman–Crippen LogP) is 3.20. The normalized spacial score (nSPS) is 11.5. The summed E-state index contributed by atoms with van der Waals surface area (Å²) in [7, 11) is 0. The fourth-order valence-corrected chi connectivity index (χ4v) is 1.47. The van der Waals surface area contributed by atoms with Crippen molar-refractivity contribution in [3.63, 3.8) is 0 Å². The number of benzene rings is 1. The fourth-order valence-electron chi connectivity index (χ4n) is 1.29. The van der Waals surface area contributed by atoms with Crippen LogP contribution in [-0.2, 0) is 17.4 Å². The average molecular weight is 253 g/mol. The van der Waals surface area contributed by atoms with Crippen molar-refractivity contribution in [1.29, 1.82) is 0 Å². The molecular formula is C10H8ClF3O2. The first kappa shape index (κ1) is 12.8. The van der Waals surface area contributed by atoms with E-state index in [4.69, 9.17) is 16.7 Å². The Morgan fingerprint density at radius 1 is 1.38 bits per heavy atom. The van der Waals surface area contributed by atoms with Crippen molar-refractivity contribution in [1.82, 2.24) is 0 Å². The lowest BCUT2D eigenvalue weighted by molar-refractivity contribution is -0.138. The molecule has 0 aliphatic heterocycles. The zero-order valence-electron chi connectivity index (χ0n) is 8.01. The lowest BCUT2D eigenvalue weighted by Crippen LogP contribution is -2.09. The first-order chi connectivity index (χ1) is 7.36. The molecule has 0 spiro atoms. The van der Waals surface area contributed by atoms with E-state index in [0.717, 1.165) is 6.07 Å². The lowest BCUT2D eigenvalue weighted by Gasteiger charge is -2.13. The maximum Gasteiger partial charge on any atom is 0.416 e. The van der Waals surface area contributed by atoms with E-state index in [1.165, 1.54) is 0 Å². The molecule has 1 rings (SSSR count). The number of aldehydes is 1. The fraction of sp³-hybridized carbons (Fsp3) is 0.300. The van der Waals surface area contributed by atoms with Gasteiger partial charge in [0.1, 0.15) is 12.0 Å². The second-order valence-corrected chi connectivity index (χ2v) is 3.57. The summed E-state index contributed by atoms with van der Waals surface area (Å²) in [6.07, 6.45) is -4.12. The van der Waals surface area contributed by atoms with E-state index in [1.54, 1.807) is 0 Å². The number of aromatic hydroxyl groups is 1. The third-order valence-electron chi connectivity index (χ3n) is 2.01. The van der Waals surface area contributed by atoms with Gasteiger partial charge >= 0.3 is 6.18 Å². The highest BCUT2D eigenvalue weighted by Crippen LogP contribution is 2.37. The minimum atomic E-state index is -4.57. The molecule has 0 saturated carbocycles. The van der Waals surface area contributed by atoms with Gasteiger partial charge < -0.3 is 9.90 Å². The maximum absolute atomic E-state index is 12.5. The molecule has 88 valence electrons. The largest absolute Gasteiger partial charge is 0.506 e. The molecule has 0 fully saturated rings. The van der Waals surface area contributed by atoms with E-state index in [0.29, 0.717) is 12.4 Å². The van der Waals surface area contributed by atoms with Gasteiger partial charge in [-0.25, -0.2) is 0 Å². The van der Waals surface area contributed by atoms with E-state index < -0.39 is 17.5 Å². The molecule has 0 heterocycles. The van der Waals surface area contributed by atoms with E-state index in [9.17, 15) is 18.0 Å². The van der Waals surface area contributed by atoms with Crippen molar-refractivity contribution in [3.8, 4) is 5.75 Å². The smallest absolute Gasteiger partial charge is 0.416 e. The Morgan fingerprint density at radius 3 is 2.50 bits per heavy atom. The van der Waals surface area contributed by atoms with Crippen LogP contribution in [0.3, 0.4) is 0 Å². The van der Waals surface area contributed by atoms with Crippen LogP contribution in [0, 0.1) is 0 Å². The summed E-state index contributed by atoms with van der Waals surface area (Å²) in [4.78, 5) is 10.1. The van der Waals surface area contributed by atoms with E-state index in [-0.39, 0.29) is 23.4 Å². The van der Waals surface area contributed by atoms with E-state index in [2.05, 4.69) is 0 Å². The van der Waals surface area contributed by atoms with Crippen LogP contribution in [0.2, 0.25) is 5.02 Å². The Hall–Kier alpha value is -1.23. The van der Waals surface area contributed by atoms with Crippen molar-refractivity contribution in [2.24, 2.45) is 0 Å². The van der Waals surface area contributed by atoms with Gasteiger partial charge in [0.05, 0.1) is 10.6 Å². The summed E-state index contributed by atoms with van der Waals surface area (Å²) >= 11 is 5.51. The van der Waals surface area contributed by atoms with Crippen molar-refractivity contribution in [2.75, 3.05) is 0 Å². The molecule has 0 aliphatic carbocycles. The Labute approximate surface area is 94.6 Å². The maximum atomic E-state index is 12.5. The third-order valence-corrected chi connectivity index (χ3v) is 2.31. The van der Waals surface area contributed by atoms with Gasteiger partial charge in [0, 0.05) is 6.42 Å². The van der Waals surface area contributed by atoms with Crippen LogP contribution >= 0.6 is 11.6 Å². The van der Waals surface area contributed by atoms with Gasteiger partial charge in [0.15, 0.2) is 0 Å². The quantitative estimate of drug-likeness (QED) is 0.839. The second-order valence-electron chi connectivity index (χ2n) is 3.16. The van der Waals surface area contributed by atoms with Crippen LogP contribution < -0.4 is 0 Å². The summed E-state index contributed by atoms with van der Waals surface area (Å²) in [6.45, 7) is 0. The van der Waals surface area contributed by atoms with Gasteiger partial charge in [-0.1, -0.05) is 11.6 Å². The topological polar surface area (TPSA) is 37.3 Å². The molecule has 1 N–H and O–H groups in total. The first-order valence-corrected chi connectivity index (χ1v) is 4.76. The molecular weight excluding hydrogens is 245 g/mol. The third kappa shape index (κ3) is 2.88.